The van der Waals surface area contributed by atoms with Crippen LogP contribution < -0.4 is 5.32 Å². The third-order valence-electron chi connectivity index (χ3n) is 3.41. The summed E-state index contributed by atoms with van der Waals surface area (Å²) in [4.78, 5) is 2.56. The molecule has 0 aromatic heterocycles. The first-order valence-electron chi connectivity index (χ1n) is 5.68. The van der Waals surface area contributed by atoms with Crippen LogP contribution >= 0.6 is 0 Å². The molecule has 1 aliphatic heterocycles. The lowest BCUT2D eigenvalue weighted by Crippen LogP contribution is -2.38. The summed E-state index contributed by atoms with van der Waals surface area (Å²) in [5.74, 6) is 0. The fraction of sp³-hybridized carbons (Fsp3) is 1.00. The lowest BCUT2D eigenvalue weighted by Gasteiger charge is -2.31. The van der Waals surface area contributed by atoms with Crippen LogP contribution in [0.2, 0.25) is 0 Å². The summed E-state index contributed by atoms with van der Waals surface area (Å²) in [6.07, 6.45) is 5.29. The molecule has 1 heterocycles. The van der Waals surface area contributed by atoms with E-state index in [1.807, 2.05) is 0 Å². The molecule has 1 N–H and O–H groups in total. The molecule has 0 saturated carbocycles. The maximum atomic E-state index is 3.46. The minimum atomic E-state index is 0.739. The minimum absolute atomic E-state index is 0.739. The number of hydrogen-bond donors (Lipinski definition) is 1. The highest BCUT2D eigenvalue weighted by Crippen LogP contribution is 2.15. The Balaban J connectivity index is 2.38. The first kappa shape index (κ1) is 11.0. The molecule has 0 aromatic carbocycles. The van der Waals surface area contributed by atoms with E-state index >= 15 is 0 Å². The van der Waals surface area contributed by atoms with Gasteiger partial charge in [-0.1, -0.05) is 6.92 Å². The molecule has 13 heavy (non-hydrogen) atoms. The summed E-state index contributed by atoms with van der Waals surface area (Å²) in [7, 11) is 2.28. The van der Waals surface area contributed by atoms with Crippen molar-refractivity contribution >= 4 is 0 Å². The molecular formula is C11H24N2. The molecule has 2 atom stereocenters. The number of nitrogens with zero attached hydrogens (tertiary/aromatic N) is 1. The van der Waals surface area contributed by atoms with E-state index in [1.165, 1.54) is 38.8 Å². The maximum Gasteiger partial charge on any atom is 0.0108 e. The van der Waals surface area contributed by atoms with E-state index in [0.717, 1.165) is 12.1 Å². The zero-order valence-electron chi connectivity index (χ0n) is 9.34. The molecule has 1 fully saturated rings. The van der Waals surface area contributed by atoms with Gasteiger partial charge in [0.1, 0.15) is 0 Å². The van der Waals surface area contributed by atoms with E-state index < -0.39 is 0 Å². The Morgan fingerprint density at radius 2 is 2.15 bits per heavy atom. The Bertz CT molecular complexity index is 128. The van der Waals surface area contributed by atoms with Crippen molar-refractivity contribution in [1.29, 1.82) is 0 Å². The summed E-state index contributed by atoms with van der Waals surface area (Å²) < 4.78 is 0. The van der Waals surface area contributed by atoms with Gasteiger partial charge in [0.25, 0.3) is 0 Å². The third-order valence-corrected chi connectivity index (χ3v) is 3.41. The minimum Gasteiger partial charge on any atom is -0.317 e. The van der Waals surface area contributed by atoms with Crippen LogP contribution in [0.1, 0.15) is 39.5 Å². The molecule has 1 saturated heterocycles. The van der Waals surface area contributed by atoms with Crippen molar-refractivity contribution in [3.8, 4) is 0 Å². The molecule has 2 unspecified atom stereocenters. The molecule has 0 aliphatic carbocycles. The molecule has 0 amide bonds. The fourth-order valence-electron chi connectivity index (χ4n) is 2.06. The van der Waals surface area contributed by atoms with Gasteiger partial charge in [0.2, 0.25) is 0 Å². The van der Waals surface area contributed by atoms with E-state index in [9.17, 15) is 0 Å². The summed E-state index contributed by atoms with van der Waals surface area (Å²) in [6.45, 7) is 7.02. The van der Waals surface area contributed by atoms with Crippen molar-refractivity contribution in [1.82, 2.24) is 10.2 Å². The highest BCUT2D eigenvalue weighted by Gasteiger charge is 2.19. The van der Waals surface area contributed by atoms with Crippen LogP contribution in [0.15, 0.2) is 0 Å². The van der Waals surface area contributed by atoms with E-state index in [0.29, 0.717) is 0 Å². The van der Waals surface area contributed by atoms with Gasteiger partial charge in [-0.05, 0) is 52.7 Å². The highest BCUT2D eigenvalue weighted by atomic mass is 15.2. The second-order valence-electron chi connectivity index (χ2n) is 4.26. The second kappa shape index (κ2) is 5.61. The van der Waals surface area contributed by atoms with Gasteiger partial charge in [-0.2, -0.15) is 0 Å². The van der Waals surface area contributed by atoms with Gasteiger partial charge in [-0.25, -0.2) is 0 Å². The molecule has 1 rings (SSSR count). The topological polar surface area (TPSA) is 15.3 Å². The molecule has 78 valence electrons. The van der Waals surface area contributed by atoms with Crippen LogP contribution in [0.3, 0.4) is 0 Å². The second-order valence-corrected chi connectivity index (χ2v) is 4.26. The van der Waals surface area contributed by atoms with Gasteiger partial charge < -0.3 is 10.2 Å². The molecular weight excluding hydrogens is 160 g/mol. The first-order chi connectivity index (χ1) is 6.25. The van der Waals surface area contributed by atoms with Gasteiger partial charge in [-0.15, -0.1) is 0 Å². The standard InChI is InChI=1S/C11H24N2/c1-4-10(2)13(3)11-6-5-8-12-9-7-11/h10-12H,4-9H2,1-3H3. The monoisotopic (exact) mass is 184 g/mol. The van der Waals surface area contributed by atoms with Crippen molar-refractivity contribution in [3.05, 3.63) is 0 Å². The smallest absolute Gasteiger partial charge is 0.0108 e. The van der Waals surface area contributed by atoms with Gasteiger partial charge in [0.15, 0.2) is 0 Å². The molecule has 0 spiro atoms. The van der Waals surface area contributed by atoms with Crippen LogP contribution in [-0.4, -0.2) is 37.1 Å². The Kier molecular flexibility index (Phi) is 4.74. The molecule has 0 radical (unpaired) electrons. The predicted molar refractivity (Wildman–Crippen MR) is 58.0 cm³/mol. The lowest BCUT2D eigenvalue weighted by atomic mass is 10.1. The van der Waals surface area contributed by atoms with E-state index in [2.05, 4.69) is 31.1 Å². The highest BCUT2D eigenvalue weighted by molar-refractivity contribution is 4.76. The quantitative estimate of drug-likeness (QED) is 0.720. The molecule has 1 aliphatic rings. The number of nitrogens with one attached hydrogen (secondary N) is 1. The van der Waals surface area contributed by atoms with Gasteiger partial charge in [0.05, 0.1) is 0 Å². The summed E-state index contributed by atoms with van der Waals surface area (Å²) >= 11 is 0. The van der Waals surface area contributed by atoms with E-state index in [4.69, 9.17) is 0 Å². The van der Waals surface area contributed by atoms with Crippen LogP contribution in [0.4, 0.5) is 0 Å². The average Bonchev–Trinajstić information content (AvgIpc) is 2.43. The number of hydrogen-bond acceptors (Lipinski definition) is 2. The summed E-state index contributed by atoms with van der Waals surface area (Å²) in [5.41, 5.74) is 0. The number of rotatable bonds is 3. The SMILES string of the molecule is CCC(C)N(C)C1CCCNCC1. The van der Waals surface area contributed by atoms with Crippen molar-refractivity contribution in [3.63, 3.8) is 0 Å². The molecule has 0 aromatic rings. The first-order valence-corrected chi connectivity index (χ1v) is 5.68. The third kappa shape index (κ3) is 3.28. The van der Waals surface area contributed by atoms with Crippen molar-refractivity contribution in [2.24, 2.45) is 0 Å². The van der Waals surface area contributed by atoms with Gasteiger partial charge in [0, 0.05) is 12.1 Å². The van der Waals surface area contributed by atoms with Crippen LogP contribution in [-0.2, 0) is 0 Å². The zero-order chi connectivity index (χ0) is 9.68. The Morgan fingerprint density at radius 1 is 1.38 bits per heavy atom. The lowest BCUT2D eigenvalue weighted by molar-refractivity contribution is 0.167. The average molecular weight is 184 g/mol. The zero-order valence-corrected chi connectivity index (χ0v) is 9.34. The van der Waals surface area contributed by atoms with Crippen LogP contribution in [0.25, 0.3) is 0 Å². The molecule has 0 bridgehead atoms. The Morgan fingerprint density at radius 3 is 2.85 bits per heavy atom. The van der Waals surface area contributed by atoms with Gasteiger partial charge in [-0.3, -0.25) is 0 Å². The normalized spacial score (nSPS) is 27.2. The Hall–Kier alpha value is -0.0800. The molecule has 2 heteroatoms. The summed E-state index contributed by atoms with van der Waals surface area (Å²) in [6, 6.07) is 1.55. The Labute approximate surface area is 82.7 Å². The maximum absolute atomic E-state index is 3.46. The van der Waals surface area contributed by atoms with Crippen LogP contribution in [0.5, 0.6) is 0 Å². The van der Waals surface area contributed by atoms with Crippen molar-refractivity contribution in [2.75, 3.05) is 20.1 Å². The molecule has 2 nitrogen and oxygen atoms in total. The predicted octanol–water partition coefficient (Wildman–Crippen LogP) is 1.86. The van der Waals surface area contributed by atoms with E-state index in [-0.39, 0.29) is 0 Å². The summed E-state index contributed by atoms with van der Waals surface area (Å²) in [5, 5.41) is 3.46. The van der Waals surface area contributed by atoms with E-state index in [1.54, 1.807) is 0 Å². The van der Waals surface area contributed by atoms with Crippen molar-refractivity contribution in [2.45, 2.75) is 51.6 Å². The largest absolute Gasteiger partial charge is 0.317 e. The fourth-order valence-corrected chi connectivity index (χ4v) is 2.06. The van der Waals surface area contributed by atoms with Crippen LogP contribution in [0, 0.1) is 0 Å². The van der Waals surface area contributed by atoms with Crippen molar-refractivity contribution < 1.29 is 0 Å². The van der Waals surface area contributed by atoms with Gasteiger partial charge >= 0.3 is 0 Å².